The SMILES string of the molecule is CCCC(C)Oc1nccc(C)c1Br. The number of aryl methyl sites for hydroxylation is 1. The van der Waals surface area contributed by atoms with Crippen molar-refractivity contribution in [3.63, 3.8) is 0 Å². The van der Waals surface area contributed by atoms with E-state index in [0.29, 0.717) is 5.88 Å². The Morgan fingerprint density at radius 3 is 2.93 bits per heavy atom. The van der Waals surface area contributed by atoms with Crippen LogP contribution in [-0.2, 0) is 0 Å². The van der Waals surface area contributed by atoms with Crippen LogP contribution in [-0.4, -0.2) is 11.1 Å². The predicted octanol–water partition coefficient (Wildman–Crippen LogP) is 3.72. The molecule has 78 valence electrons. The quantitative estimate of drug-likeness (QED) is 0.821. The molecule has 1 rings (SSSR count). The molecule has 0 spiro atoms. The van der Waals surface area contributed by atoms with E-state index in [0.717, 1.165) is 22.9 Å². The average molecular weight is 258 g/mol. The highest BCUT2D eigenvalue weighted by Gasteiger charge is 2.08. The van der Waals surface area contributed by atoms with Crippen LogP contribution in [0.5, 0.6) is 5.88 Å². The van der Waals surface area contributed by atoms with E-state index in [1.165, 1.54) is 0 Å². The lowest BCUT2D eigenvalue weighted by atomic mass is 10.2. The van der Waals surface area contributed by atoms with Gasteiger partial charge in [0.15, 0.2) is 0 Å². The third-order valence-electron chi connectivity index (χ3n) is 2.06. The highest BCUT2D eigenvalue weighted by atomic mass is 79.9. The molecule has 0 aliphatic heterocycles. The van der Waals surface area contributed by atoms with Gasteiger partial charge in [-0.3, -0.25) is 0 Å². The molecule has 0 saturated heterocycles. The summed E-state index contributed by atoms with van der Waals surface area (Å²) in [5.74, 6) is 0.700. The molecular weight excluding hydrogens is 242 g/mol. The van der Waals surface area contributed by atoms with E-state index in [9.17, 15) is 0 Å². The number of aromatic nitrogens is 1. The zero-order valence-corrected chi connectivity index (χ0v) is 10.5. The van der Waals surface area contributed by atoms with Crippen molar-refractivity contribution in [2.75, 3.05) is 0 Å². The number of hydrogen-bond acceptors (Lipinski definition) is 2. The van der Waals surface area contributed by atoms with Crippen LogP contribution in [0.2, 0.25) is 0 Å². The zero-order chi connectivity index (χ0) is 10.6. The van der Waals surface area contributed by atoms with Crippen LogP contribution in [0, 0.1) is 6.92 Å². The van der Waals surface area contributed by atoms with E-state index in [4.69, 9.17) is 4.74 Å². The molecular formula is C11H16BrNO. The van der Waals surface area contributed by atoms with Gasteiger partial charge < -0.3 is 4.74 Å². The van der Waals surface area contributed by atoms with Crippen LogP contribution >= 0.6 is 15.9 Å². The number of halogens is 1. The molecule has 1 unspecified atom stereocenters. The minimum absolute atomic E-state index is 0.227. The number of ether oxygens (including phenoxy) is 1. The molecule has 0 aliphatic carbocycles. The molecule has 1 aromatic heterocycles. The molecule has 0 N–H and O–H groups in total. The molecule has 0 fully saturated rings. The van der Waals surface area contributed by atoms with E-state index in [2.05, 4.69) is 34.8 Å². The molecule has 1 atom stereocenters. The Balaban J connectivity index is 2.71. The number of nitrogens with zero attached hydrogens (tertiary/aromatic N) is 1. The molecule has 0 aliphatic rings. The van der Waals surface area contributed by atoms with Gasteiger partial charge in [-0.25, -0.2) is 4.98 Å². The molecule has 0 amide bonds. The standard InChI is InChI=1S/C11H16BrNO/c1-4-5-9(3)14-11-10(12)8(2)6-7-13-11/h6-7,9H,4-5H2,1-3H3. The van der Waals surface area contributed by atoms with Gasteiger partial charge in [0.2, 0.25) is 5.88 Å². The van der Waals surface area contributed by atoms with Crippen LogP contribution in [0.1, 0.15) is 32.3 Å². The third kappa shape index (κ3) is 2.98. The highest BCUT2D eigenvalue weighted by Crippen LogP contribution is 2.26. The Labute approximate surface area is 93.8 Å². The van der Waals surface area contributed by atoms with E-state index in [1.54, 1.807) is 6.20 Å². The summed E-state index contributed by atoms with van der Waals surface area (Å²) >= 11 is 3.47. The van der Waals surface area contributed by atoms with Gasteiger partial charge in [0.25, 0.3) is 0 Å². The lowest BCUT2D eigenvalue weighted by Crippen LogP contribution is -2.12. The van der Waals surface area contributed by atoms with Crippen molar-refractivity contribution in [1.29, 1.82) is 0 Å². The molecule has 0 aromatic carbocycles. The number of pyridine rings is 1. The molecule has 1 aromatic rings. The van der Waals surface area contributed by atoms with Gasteiger partial charge in [-0.2, -0.15) is 0 Å². The zero-order valence-electron chi connectivity index (χ0n) is 8.88. The van der Waals surface area contributed by atoms with Crippen LogP contribution < -0.4 is 4.74 Å². The summed E-state index contributed by atoms with van der Waals surface area (Å²) in [6.07, 6.45) is 4.19. The van der Waals surface area contributed by atoms with E-state index in [1.807, 2.05) is 13.0 Å². The maximum Gasteiger partial charge on any atom is 0.228 e. The Morgan fingerprint density at radius 1 is 1.57 bits per heavy atom. The van der Waals surface area contributed by atoms with Gasteiger partial charge in [0.05, 0.1) is 10.6 Å². The molecule has 0 saturated carbocycles. The summed E-state index contributed by atoms with van der Waals surface area (Å²) in [6.45, 7) is 6.25. The summed E-state index contributed by atoms with van der Waals surface area (Å²) in [6, 6.07) is 1.96. The smallest absolute Gasteiger partial charge is 0.228 e. The van der Waals surface area contributed by atoms with Crippen LogP contribution in [0.4, 0.5) is 0 Å². The topological polar surface area (TPSA) is 22.1 Å². The lowest BCUT2D eigenvalue weighted by molar-refractivity contribution is 0.200. The van der Waals surface area contributed by atoms with Gasteiger partial charge in [-0.15, -0.1) is 0 Å². The summed E-state index contributed by atoms with van der Waals surface area (Å²) in [7, 11) is 0. The summed E-state index contributed by atoms with van der Waals surface area (Å²) in [5, 5.41) is 0. The summed E-state index contributed by atoms with van der Waals surface area (Å²) in [4.78, 5) is 4.19. The monoisotopic (exact) mass is 257 g/mol. The fourth-order valence-corrected chi connectivity index (χ4v) is 1.58. The molecule has 0 bridgehead atoms. The minimum Gasteiger partial charge on any atom is -0.474 e. The first-order valence-corrected chi connectivity index (χ1v) is 5.72. The molecule has 14 heavy (non-hydrogen) atoms. The average Bonchev–Trinajstić information content (AvgIpc) is 2.13. The first-order chi connectivity index (χ1) is 6.65. The molecule has 2 nitrogen and oxygen atoms in total. The van der Waals surface area contributed by atoms with Gasteiger partial charge in [-0.05, 0) is 47.8 Å². The van der Waals surface area contributed by atoms with Crippen molar-refractivity contribution in [2.24, 2.45) is 0 Å². The fraction of sp³-hybridized carbons (Fsp3) is 0.545. The van der Waals surface area contributed by atoms with Gasteiger partial charge >= 0.3 is 0 Å². The van der Waals surface area contributed by atoms with E-state index in [-0.39, 0.29) is 6.10 Å². The Hall–Kier alpha value is -0.570. The summed E-state index contributed by atoms with van der Waals surface area (Å²) < 4.78 is 6.67. The van der Waals surface area contributed by atoms with Crippen LogP contribution in [0.3, 0.4) is 0 Å². The second-order valence-electron chi connectivity index (χ2n) is 3.46. The lowest BCUT2D eigenvalue weighted by Gasteiger charge is -2.14. The normalized spacial score (nSPS) is 12.6. The van der Waals surface area contributed by atoms with Gasteiger partial charge in [-0.1, -0.05) is 13.3 Å². The molecule has 3 heteroatoms. The highest BCUT2D eigenvalue weighted by molar-refractivity contribution is 9.10. The number of hydrogen-bond donors (Lipinski definition) is 0. The number of rotatable bonds is 4. The Kier molecular flexibility index (Phi) is 4.39. The Morgan fingerprint density at radius 2 is 2.29 bits per heavy atom. The largest absolute Gasteiger partial charge is 0.474 e. The van der Waals surface area contributed by atoms with Crippen LogP contribution in [0.25, 0.3) is 0 Å². The van der Waals surface area contributed by atoms with Crippen molar-refractivity contribution in [3.8, 4) is 5.88 Å². The van der Waals surface area contributed by atoms with E-state index >= 15 is 0 Å². The maximum atomic E-state index is 5.71. The molecule has 1 heterocycles. The van der Waals surface area contributed by atoms with Crippen molar-refractivity contribution < 1.29 is 4.74 Å². The third-order valence-corrected chi connectivity index (χ3v) is 3.02. The van der Waals surface area contributed by atoms with E-state index < -0.39 is 0 Å². The fourth-order valence-electron chi connectivity index (χ4n) is 1.25. The Bertz CT molecular complexity index is 301. The van der Waals surface area contributed by atoms with Crippen molar-refractivity contribution in [1.82, 2.24) is 4.98 Å². The summed E-state index contributed by atoms with van der Waals surface area (Å²) in [5.41, 5.74) is 1.15. The van der Waals surface area contributed by atoms with Gasteiger partial charge in [0.1, 0.15) is 0 Å². The first kappa shape index (κ1) is 11.5. The predicted molar refractivity (Wildman–Crippen MR) is 61.7 cm³/mol. The second kappa shape index (κ2) is 5.35. The minimum atomic E-state index is 0.227. The maximum absolute atomic E-state index is 5.71. The second-order valence-corrected chi connectivity index (χ2v) is 4.26. The van der Waals surface area contributed by atoms with Crippen molar-refractivity contribution >= 4 is 15.9 Å². The van der Waals surface area contributed by atoms with Crippen LogP contribution in [0.15, 0.2) is 16.7 Å². The first-order valence-electron chi connectivity index (χ1n) is 4.93. The van der Waals surface area contributed by atoms with Crippen molar-refractivity contribution in [3.05, 3.63) is 22.3 Å². The van der Waals surface area contributed by atoms with Gasteiger partial charge in [0, 0.05) is 6.20 Å². The van der Waals surface area contributed by atoms with Crippen molar-refractivity contribution in [2.45, 2.75) is 39.7 Å². The molecule has 0 radical (unpaired) electrons.